The van der Waals surface area contributed by atoms with Crippen LogP contribution >= 0.6 is 0 Å². The molecule has 0 aliphatic carbocycles. The molecule has 0 aliphatic rings. The molecule has 9 heteroatoms. The zero-order valence-electron chi connectivity index (χ0n) is 16.2. The average Bonchev–Trinajstić information content (AvgIpc) is 3.04. The lowest BCUT2D eigenvalue weighted by atomic mass is 10.2. The van der Waals surface area contributed by atoms with E-state index in [0.717, 1.165) is 16.7 Å². The van der Waals surface area contributed by atoms with Crippen LogP contribution < -0.4 is 5.32 Å². The molecule has 28 heavy (non-hydrogen) atoms. The monoisotopic (exact) mass is 396 g/mol. The molecule has 0 spiro atoms. The number of nitrogens with one attached hydrogen (secondary N) is 1. The summed E-state index contributed by atoms with van der Waals surface area (Å²) >= 11 is 0. The highest BCUT2D eigenvalue weighted by atomic mass is 19.4. The second kappa shape index (κ2) is 8.45. The minimum Gasteiger partial charge on any atom is -0.352 e. The molecule has 6 nitrogen and oxygen atoms in total. The average molecular weight is 396 g/mol. The van der Waals surface area contributed by atoms with Gasteiger partial charge in [0.25, 0.3) is 5.91 Å². The number of hydrogen-bond donors (Lipinski definition) is 1. The largest absolute Gasteiger partial charge is 0.434 e. The van der Waals surface area contributed by atoms with E-state index in [-0.39, 0.29) is 24.8 Å². The van der Waals surface area contributed by atoms with Crippen molar-refractivity contribution in [3.8, 4) is 5.69 Å². The summed E-state index contributed by atoms with van der Waals surface area (Å²) in [6.07, 6.45) is -3.90. The van der Waals surface area contributed by atoms with Crippen molar-refractivity contribution in [1.29, 1.82) is 0 Å². The summed E-state index contributed by atoms with van der Waals surface area (Å²) in [6.45, 7) is 6.66. The van der Waals surface area contributed by atoms with Gasteiger partial charge >= 0.3 is 6.18 Å². The predicted octanol–water partition coefficient (Wildman–Crippen LogP) is 3.19. The van der Waals surface area contributed by atoms with E-state index in [1.54, 1.807) is 32.9 Å². The standard InChI is InChI=1S/C19H23F3N4O2/c1-5-25(11-16(27)24-12(2)3)18(28)15-10-23-26(17(15)19(20,21)22)14-8-6-13(4)7-9-14/h6-10,12H,5,11H2,1-4H3,(H,24,27). The number of alkyl halides is 3. The number of benzene rings is 1. The zero-order valence-corrected chi connectivity index (χ0v) is 16.2. The molecule has 0 atom stereocenters. The predicted molar refractivity (Wildman–Crippen MR) is 98.2 cm³/mol. The van der Waals surface area contributed by atoms with Crippen LogP contribution in [0, 0.1) is 6.92 Å². The van der Waals surface area contributed by atoms with Crippen LogP contribution in [0.15, 0.2) is 30.5 Å². The highest BCUT2D eigenvalue weighted by molar-refractivity contribution is 5.97. The van der Waals surface area contributed by atoms with Gasteiger partial charge in [0, 0.05) is 12.6 Å². The Morgan fingerprint density at radius 2 is 1.82 bits per heavy atom. The number of carbonyl (C=O) groups is 2. The van der Waals surface area contributed by atoms with Gasteiger partial charge in [0.15, 0.2) is 5.69 Å². The van der Waals surface area contributed by atoms with Crippen LogP contribution in [0.3, 0.4) is 0 Å². The molecule has 0 fully saturated rings. The number of hydrogen-bond acceptors (Lipinski definition) is 3. The van der Waals surface area contributed by atoms with Gasteiger partial charge < -0.3 is 10.2 Å². The normalized spacial score (nSPS) is 11.6. The van der Waals surface area contributed by atoms with Crippen LogP contribution in [-0.2, 0) is 11.0 Å². The minimum absolute atomic E-state index is 0.0807. The molecule has 0 aliphatic heterocycles. The third-order valence-corrected chi connectivity index (χ3v) is 4.00. The Labute approximate surface area is 161 Å². The molecule has 152 valence electrons. The minimum atomic E-state index is -4.80. The van der Waals surface area contributed by atoms with Gasteiger partial charge in [-0.25, -0.2) is 4.68 Å². The SMILES string of the molecule is CCN(CC(=O)NC(C)C)C(=O)c1cnn(-c2ccc(C)cc2)c1C(F)(F)F. The quantitative estimate of drug-likeness (QED) is 0.816. The maximum absolute atomic E-state index is 13.8. The molecule has 1 aromatic carbocycles. The Bertz CT molecular complexity index is 842. The molecule has 2 amide bonds. The van der Waals surface area contributed by atoms with Crippen molar-refractivity contribution in [2.24, 2.45) is 0 Å². The molecule has 1 heterocycles. The van der Waals surface area contributed by atoms with Crippen LogP contribution in [0.1, 0.15) is 42.4 Å². The lowest BCUT2D eigenvalue weighted by Crippen LogP contribution is -2.43. The molecule has 0 bridgehead atoms. The summed E-state index contributed by atoms with van der Waals surface area (Å²) in [5, 5.41) is 6.42. The summed E-state index contributed by atoms with van der Waals surface area (Å²) in [4.78, 5) is 25.8. The number of aromatic nitrogens is 2. The fourth-order valence-corrected chi connectivity index (χ4v) is 2.70. The first-order chi connectivity index (χ1) is 13.0. The van der Waals surface area contributed by atoms with Crippen molar-refractivity contribution in [2.45, 2.75) is 39.9 Å². The van der Waals surface area contributed by atoms with Crippen molar-refractivity contribution < 1.29 is 22.8 Å². The third-order valence-electron chi connectivity index (χ3n) is 4.00. The van der Waals surface area contributed by atoms with Crippen molar-refractivity contribution in [2.75, 3.05) is 13.1 Å². The maximum atomic E-state index is 13.8. The van der Waals surface area contributed by atoms with Gasteiger partial charge in [0.05, 0.1) is 24.0 Å². The molecular formula is C19H23F3N4O2. The topological polar surface area (TPSA) is 67.2 Å². The molecule has 0 unspecified atom stereocenters. The van der Waals surface area contributed by atoms with Crippen LogP contribution in [-0.4, -0.2) is 45.6 Å². The second-order valence-corrected chi connectivity index (χ2v) is 6.69. The van der Waals surface area contributed by atoms with E-state index >= 15 is 0 Å². The van der Waals surface area contributed by atoms with Gasteiger partial charge in [-0.15, -0.1) is 0 Å². The van der Waals surface area contributed by atoms with E-state index < -0.39 is 29.2 Å². The Kier molecular flexibility index (Phi) is 6.48. The van der Waals surface area contributed by atoms with Gasteiger partial charge in [0.1, 0.15) is 0 Å². The Morgan fingerprint density at radius 1 is 1.21 bits per heavy atom. The zero-order chi connectivity index (χ0) is 21.1. The summed E-state index contributed by atoms with van der Waals surface area (Å²) in [7, 11) is 0. The second-order valence-electron chi connectivity index (χ2n) is 6.69. The molecule has 1 N–H and O–H groups in total. The molecule has 0 saturated heterocycles. The van der Waals surface area contributed by atoms with E-state index in [1.807, 2.05) is 6.92 Å². The van der Waals surface area contributed by atoms with E-state index in [1.165, 1.54) is 12.1 Å². The molecule has 1 aromatic heterocycles. The molecular weight excluding hydrogens is 373 g/mol. The smallest absolute Gasteiger partial charge is 0.352 e. The first-order valence-corrected chi connectivity index (χ1v) is 8.85. The van der Waals surface area contributed by atoms with Crippen LogP contribution in [0.5, 0.6) is 0 Å². The Balaban J connectivity index is 2.42. The number of amides is 2. The summed E-state index contributed by atoms with van der Waals surface area (Å²) in [5.41, 5.74) is -0.678. The van der Waals surface area contributed by atoms with Crippen LogP contribution in [0.2, 0.25) is 0 Å². The van der Waals surface area contributed by atoms with Crippen LogP contribution in [0.25, 0.3) is 5.69 Å². The van der Waals surface area contributed by atoms with Gasteiger partial charge in [-0.2, -0.15) is 18.3 Å². The number of halogens is 3. The number of carbonyl (C=O) groups excluding carboxylic acids is 2. The number of rotatable bonds is 6. The molecule has 0 radical (unpaired) electrons. The van der Waals surface area contributed by atoms with Crippen LogP contribution in [0.4, 0.5) is 13.2 Å². The van der Waals surface area contributed by atoms with E-state index in [4.69, 9.17) is 0 Å². The maximum Gasteiger partial charge on any atom is 0.434 e. The third kappa shape index (κ3) is 4.90. The van der Waals surface area contributed by atoms with Crippen molar-refractivity contribution in [3.63, 3.8) is 0 Å². The lowest BCUT2D eigenvalue weighted by Gasteiger charge is -2.22. The van der Waals surface area contributed by atoms with E-state index in [0.29, 0.717) is 4.68 Å². The number of likely N-dealkylation sites (N-methyl/N-ethyl adjacent to an activating group) is 1. The van der Waals surface area contributed by atoms with Gasteiger partial charge in [-0.3, -0.25) is 9.59 Å². The Hall–Kier alpha value is -2.84. The van der Waals surface area contributed by atoms with Crippen molar-refractivity contribution in [3.05, 3.63) is 47.3 Å². The lowest BCUT2D eigenvalue weighted by molar-refractivity contribution is -0.143. The van der Waals surface area contributed by atoms with Crippen molar-refractivity contribution >= 4 is 11.8 Å². The van der Waals surface area contributed by atoms with Crippen molar-refractivity contribution in [1.82, 2.24) is 20.0 Å². The molecule has 2 rings (SSSR count). The summed E-state index contributed by atoms with van der Waals surface area (Å²) in [5.74, 6) is -1.34. The van der Waals surface area contributed by atoms with Gasteiger partial charge in [0.2, 0.25) is 5.91 Å². The van der Waals surface area contributed by atoms with Gasteiger partial charge in [-0.1, -0.05) is 17.7 Å². The summed E-state index contributed by atoms with van der Waals surface area (Å²) < 4.78 is 42.0. The highest BCUT2D eigenvalue weighted by Crippen LogP contribution is 2.34. The first kappa shape index (κ1) is 21.5. The van der Waals surface area contributed by atoms with Gasteiger partial charge in [-0.05, 0) is 39.8 Å². The number of nitrogens with zero attached hydrogens (tertiary/aromatic N) is 3. The van der Waals surface area contributed by atoms with E-state index in [9.17, 15) is 22.8 Å². The molecule has 2 aromatic rings. The summed E-state index contributed by atoms with van der Waals surface area (Å²) in [6, 6.07) is 6.18. The Morgan fingerprint density at radius 3 is 2.32 bits per heavy atom. The fourth-order valence-electron chi connectivity index (χ4n) is 2.70. The highest BCUT2D eigenvalue weighted by Gasteiger charge is 2.41. The molecule has 0 saturated carbocycles. The fraction of sp³-hybridized carbons (Fsp3) is 0.421. The number of aryl methyl sites for hydroxylation is 1. The van der Waals surface area contributed by atoms with E-state index in [2.05, 4.69) is 10.4 Å². The first-order valence-electron chi connectivity index (χ1n) is 8.85.